The number of carbonyl (C=O) groups excluding carboxylic acids is 1. The third-order valence-corrected chi connectivity index (χ3v) is 3.38. The fourth-order valence-electron chi connectivity index (χ4n) is 2.43. The highest BCUT2D eigenvalue weighted by Crippen LogP contribution is 2.45. The molecule has 5 nitrogen and oxygen atoms in total. The maximum Gasteiger partial charge on any atom is 0.162 e. The van der Waals surface area contributed by atoms with Crippen molar-refractivity contribution < 1.29 is 4.79 Å². The minimum absolute atomic E-state index is 0.0336. The summed E-state index contributed by atoms with van der Waals surface area (Å²) in [5, 5.41) is 0. The Morgan fingerprint density at radius 3 is 2.53 bits per heavy atom. The number of pyridine rings is 2. The minimum Gasteiger partial charge on any atom is -0.338 e. The molecule has 0 N–H and O–H groups in total. The van der Waals surface area contributed by atoms with Crippen molar-refractivity contribution in [3.63, 3.8) is 0 Å². The first-order valence-electron chi connectivity index (χ1n) is 6.03. The Morgan fingerprint density at radius 2 is 1.79 bits per heavy atom. The molecule has 1 aliphatic rings. The lowest BCUT2D eigenvalue weighted by Gasteiger charge is -2.35. The molecular formula is C14H14N4O. The van der Waals surface area contributed by atoms with Crippen LogP contribution in [0.25, 0.3) is 0 Å². The second-order valence-electron chi connectivity index (χ2n) is 4.55. The van der Waals surface area contributed by atoms with Crippen LogP contribution in [-0.2, 0) is 0 Å². The number of hydrogen-bond acceptors (Lipinski definition) is 5. The number of hydrogen-bond donors (Lipinski definition) is 0. The molecule has 19 heavy (non-hydrogen) atoms. The van der Waals surface area contributed by atoms with Crippen molar-refractivity contribution in [3.05, 3.63) is 36.2 Å². The minimum atomic E-state index is 0.0336. The van der Waals surface area contributed by atoms with E-state index in [0.29, 0.717) is 5.56 Å². The van der Waals surface area contributed by atoms with E-state index < -0.39 is 0 Å². The van der Waals surface area contributed by atoms with E-state index >= 15 is 0 Å². The predicted molar refractivity (Wildman–Crippen MR) is 74.6 cm³/mol. The standard InChI is InChI=1S/C14H14N4O/c1-9(19)10-6-8-16-14-12(10)17(2)11-5-4-7-15-13(11)18(14)3/h4-8H,1-3H3. The molecule has 0 spiro atoms. The number of aromatic nitrogens is 2. The average molecular weight is 254 g/mol. The molecule has 0 aromatic carbocycles. The molecule has 2 aromatic rings. The molecule has 96 valence electrons. The second-order valence-corrected chi connectivity index (χ2v) is 4.55. The Balaban J connectivity index is 2.29. The van der Waals surface area contributed by atoms with Gasteiger partial charge in [0.15, 0.2) is 17.4 Å². The number of carbonyl (C=O) groups is 1. The van der Waals surface area contributed by atoms with Crippen LogP contribution in [0.3, 0.4) is 0 Å². The van der Waals surface area contributed by atoms with Gasteiger partial charge in [0.25, 0.3) is 0 Å². The van der Waals surface area contributed by atoms with Gasteiger partial charge in [-0.25, -0.2) is 9.97 Å². The van der Waals surface area contributed by atoms with Crippen molar-refractivity contribution in [2.45, 2.75) is 6.92 Å². The highest BCUT2D eigenvalue weighted by atomic mass is 16.1. The largest absolute Gasteiger partial charge is 0.338 e. The van der Waals surface area contributed by atoms with E-state index in [-0.39, 0.29) is 5.78 Å². The van der Waals surface area contributed by atoms with Gasteiger partial charge < -0.3 is 9.80 Å². The highest BCUT2D eigenvalue weighted by molar-refractivity contribution is 6.05. The van der Waals surface area contributed by atoms with Crippen LogP contribution < -0.4 is 9.80 Å². The molecule has 0 saturated heterocycles. The Hall–Kier alpha value is -2.43. The van der Waals surface area contributed by atoms with Gasteiger partial charge in [0, 0.05) is 32.1 Å². The average Bonchev–Trinajstić information content (AvgIpc) is 2.44. The van der Waals surface area contributed by atoms with Crippen molar-refractivity contribution in [1.29, 1.82) is 0 Å². The van der Waals surface area contributed by atoms with Crippen LogP contribution >= 0.6 is 0 Å². The topological polar surface area (TPSA) is 49.3 Å². The molecule has 2 aromatic heterocycles. The normalized spacial score (nSPS) is 13.0. The van der Waals surface area contributed by atoms with E-state index in [2.05, 4.69) is 9.97 Å². The van der Waals surface area contributed by atoms with Gasteiger partial charge in [0.1, 0.15) is 0 Å². The van der Waals surface area contributed by atoms with Crippen LogP contribution in [-0.4, -0.2) is 29.8 Å². The quantitative estimate of drug-likeness (QED) is 0.732. The van der Waals surface area contributed by atoms with Gasteiger partial charge in [-0.15, -0.1) is 0 Å². The van der Waals surface area contributed by atoms with Crippen LogP contribution in [0.5, 0.6) is 0 Å². The number of rotatable bonds is 1. The van der Waals surface area contributed by atoms with E-state index in [0.717, 1.165) is 23.0 Å². The molecular weight excluding hydrogens is 240 g/mol. The van der Waals surface area contributed by atoms with Crippen molar-refractivity contribution in [2.75, 3.05) is 23.9 Å². The number of Topliss-reactive ketones (excluding diaryl/α,β-unsaturated/α-hetero) is 1. The molecule has 3 heterocycles. The highest BCUT2D eigenvalue weighted by Gasteiger charge is 2.29. The van der Waals surface area contributed by atoms with Crippen LogP contribution in [0.1, 0.15) is 17.3 Å². The number of anilines is 4. The van der Waals surface area contributed by atoms with Gasteiger partial charge in [-0.2, -0.15) is 0 Å². The predicted octanol–water partition coefficient (Wildman–Crippen LogP) is 2.53. The van der Waals surface area contributed by atoms with Gasteiger partial charge in [-0.05, 0) is 25.1 Å². The zero-order valence-electron chi connectivity index (χ0n) is 11.1. The second kappa shape index (κ2) is 4.05. The van der Waals surface area contributed by atoms with Gasteiger partial charge in [0.2, 0.25) is 0 Å². The number of nitrogens with zero attached hydrogens (tertiary/aromatic N) is 4. The first-order chi connectivity index (χ1) is 9.11. The zero-order valence-corrected chi connectivity index (χ0v) is 11.1. The first kappa shape index (κ1) is 11.6. The van der Waals surface area contributed by atoms with Crippen LogP contribution in [0.4, 0.5) is 23.0 Å². The third kappa shape index (κ3) is 1.58. The molecule has 0 radical (unpaired) electrons. The maximum absolute atomic E-state index is 11.8. The summed E-state index contributed by atoms with van der Waals surface area (Å²) in [6, 6.07) is 5.63. The molecule has 0 bridgehead atoms. The Labute approximate surface area is 111 Å². The summed E-state index contributed by atoms with van der Waals surface area (Å²) in [7, 11) is 3.84. The van der Waals surface area contributed by atoms with E-state index in [1.807, 2.05) is 36.0 Å². The van der Waals surface area contributed by atoms with Crippen LogP contribution in [0, 0.1) is 0 Å². The summed E-state index contributed by atoms with van der Waals surface area (Å²) >= 11 is 0. The monoisotopic (exact) mass is 254 g/mol. The van der Waals surface area contributed by atoms with Gasteiger partial charge in [0.05, 0.1) is 11.4 Å². The summed E-state index contributed by atoms with van der Waals surface area (Å²) in [6.07, 6.45) is 3.41. The summed E-state index contributed by atoms with van der Waals surface area (Å²) < 4.78 is 0. The van der Waals surface area contributed by atoms with Crippen LogP contribution in [0.2, 0.25) is 0 Å². The Kier molecular flexibility index (Phi) is 2.48. The first-order valence-corrected chi connectivity index (χ1v) is 6.03. The van der Waals surface area contributed by atoms with E-state index in [9.17, 15) is 4.79 Å². The van der Waals surface area contributed by atoms with E-state index in [1.165, 1.54) is 0 Å². The summed E-state index contributed by atoms with van der Waals surface area (Å²) in [5.74, 6) is 1.62. The van der Waals surface area contributed by atoms with E-state index in [4.69, 9.17) is 0 Å². The molecule has 0 amide bonds. The smallest absolute Gasteiger partial charge is 0.162 e. The SMILES string of the molecule is CC(=O)c1ccnc2c1N(C)c1cccnc1N2C. The van der Waals surface area contributed by atoms with Gasteiger partial charge in [-0.3, -0.25) is 4.79 Å². The van der Waals surface area contributed by atoms with Crippen molar-refractivity contribution in [3.8, 4) is 0 Å². The number of fused-ring (bicyclic) bond motifs is 2. The lowest BCUT2D eigenvalue weighted by atomic mass is 10.1. The molecule has 0 atom stereocenters. The lowest BCUT2D eigenvalue weighted by Crippen LogP contribution is -2.27. The van der Waals surface area contributed by atoms with Crippen molar-refractivity contribution >= 4 is 28.8 Å². The summed E-state index contributed by atoms with van der Waals surface area (Å²) in [6.45, 7) is 1.57. The fourth-order valence-corrected chi connectivity index (χ4v) is 2.43. The summed E-state index contributed by atoms with van der Waals surface area (Å²) in [5.41, 5.74) is 2.47. The molecule has 3 rings (SSSR count). The summed E-state index contributed by atoms with van der Waals surface area (Å²) in [4.78, 5) is 24.4. The molecule has 1 aliphatic heterocycles. The molecule has 0 saturated carbocycles. The molecule has 0 unspecified atom stereocenters. The Morgan fingerprint density at radius 1 is 1.05 bits per heavy atom. The van der Waals surface area contributed by atoms with E-state index in [1.54, 1.807) is 25.4 Å². The third-order valence-electron chi connectivity index (χ3n) is 3.38. The van der Waals surface area contributed by atoms with Crippen molar-refractivity contribution in [1.82, 2.24) is 9.97 Å². The molecule has 0 fully saturated rings. The fraction of sp³-hybridized carbons (Fsp3) is 0.214. The molecule has 5 heteroatoms. The van der Waals surface area contributed by atoms with Crippen molar-refractivity contribution in [2.24, 2.45) is 0 Å². The molecule has 0 aliphatic carbocycles. The maximum atomic E-state index is 11.8. The zero-order chi connectivity index (χ0) is 13.6. The van der Waals surface area contributed by atoms with Crippen LogP contribution in [0.15, 0.2) is 30.6 Å². The van der Waals surface area contributed by atoms with Gasteiger partial charge in [-0.1, -0.05) is 0 Å². The number of ketones is 1. The van der Waals surface area contributed by atoms with Gasteiger partial charge >= 0.3 is 0 Å². The lowest BCUT2D eigenvalue weighted by molar-refractivity contribution is 0.101. The Bertz CT molecular complexity index is 668.